The van der Waals surface area contributed by atoms with E-state index in [0.29, 0.717) is 30.1 Å². The molecule has 0 aliphatic carbocycles. The largest absolute Gasteiger partial charge is 0.378 e. The van der Waals surface area contributed by atoms with Crippen LogP contribution in [0.2, 0.25) is 5.15 Å². The van der Waals surface area contributed by atoms with Gasteiger partial charge in [0.25, 0.3) is 0 Å². The van der Waals surface area contributed by atoms with E-state index < -0.39 is 0 Å². The first-order chi connectivity index (χ1) is 12.3. The Labute approximate surface area is 154 Å². The third-order valence-corrected chi connectivity index (χ3v) is 4.74. The summed E-state index contributed by atoms with van der Waals surface area (Å²) in [6.45, 7) is 2.86. The molecule has 1 aliphatic heterocycles. The highest BCUT2D eigenvalue weighted by Crippen LogP contribution is 2.27. The Morgan fingerprint density at radius 1 is 1.08 bits per heavy atom. The fourth-order valence-electron chi connectivity index (χ4n) is 2.56. The molecule has 0 bridgehead atoms. The third kappa shape index (κ3) is 3.89. The van der Waals surface area contributed by atoms with E-state index in [9.17, 15) is 0 Å². The summed E-state index contributed by atoms with van der Waals surface area (Å²) in [4.78, 5) is 15.6. The first-order valence-corrected chi connectivity index (χ1v) is 9.19. The minimum atomic E-state index is 0.402. The summed E-state index contributed by atoms with van der Waals surface area (Å²) < 4.78 is 5.37. The van der Waals surface area contributed by atoms with Gasteiger partial charge in [-0.1, -0.05) is 41.9 Å². The van der Waals surface area contributed by atoms with Gasteiger partial charge in [-0.3, -0.25) is 0 Å². The van der Waals surface area contributed by atoms with Crippen molar-refractivity contribution in [1.82, 2.24) is 15.0 Å². The van der Waals surface area contributed by atoms with E-state index >= 15 is 0 Å². The van der Waals surface area contributed by atoms with E-state index in [1.807, 2.05) is 35.7 Å². The second-order valence-corrected chi connectivity index (χ2v) is 6.75. The first-order valence-electron chi connectivity index (χ1n) is 7.93. The number of nitrogens with one attached hydrogen (secondary N) is 1. The lowest BCUT2D eigenvalue weighted by molar-refractivity contribution is 0.122. The molecule has 6 nitrogen and oxygen atoms in total. The lowest BCUT2D eigenvalue weighted by atomic mass is 10.2. The molecule has 2 aromatic heterocycles. The summed E-state index contributed by atoms with van der Waals surface area (Å²) in [5, 5.41) is 6.41. The second kappa shape index (κ2) is 7.35. The van der Waals surface area contributed by atoms with Gasteiger partial charge in [0.05, 0.1) is 18.9 Å². The summed E-state index contributed by atoms with van der Waals surface area (Å²) in [7, 11) is 0. The maximum absolute atomic E-state index is 6.17. The van der Waals surface area contributed by atoms with Crippen molar-refractivity contribution in [3.63, 3.8) is 0 Å². The van der Waals surface area contributed by atoms with Crippen LogP contribution < -0.4 is 10.2 Å². The maximum atomic E-state index is 6.17. The van der Waals surface area contributed by atoms with Crippen LogP contribution in [0, 0.1) is 0 Å². The molecule has 0 amide bonds. The van der Waals surface area contributed by atoms with Gasteiger partial charge < -0.3 is 15.0 Å². The average molecular weight is 374 g/mol. The average Bonchev–Trinajstić information content (AvgIpc) is 3.11. The van der Waals surface area contributed by atoms with Gasteiger partial charge in [-0.2, -0.15) is 4.98 Å². The SMILES string of the molecule is Clc1cc(Nc2nc(-c3ccccc3)cs2)nc(N2CCOCC2)n1. The molecule has 3 heterocycles. The van der Waals surface area contributed by atoms with E-state index in [0.717, 1.165) is 29.5 Å². The normalized spacial score (nSPS) is 14.5. The zero-order valence-corrected chi connectivity index (χ0v) is 14.9. The molecule has 1 aromatic carbocycles. The smallest absolute Gasteiger partial charge is 0.228 e. The third-order valence-electron chi connectivity index (χ3n) is 3.79. The van der Waals surface area contributed by atoms with Crippen LogP contribution in [0.3, 0.4) is 0 Å². The molecular weight excluding hydrogens is 358 g/mol. The topological polar surface area (TPSA) is 63.2 Å². The quantitative estimate of drug-likeness (QED) is 0.701. The van der Waals surface area contributed by atoms with E-state index in [1.165, 1.54) is 11.3 Å². The van der Waals surface area contributed by atoms with Gasteiger partial charge >= 0.3 is 0 Å². The highest BCUT2D eigenvalue weighted by molar-refractivity contribution is 7.14. The van der Waals surface area contributed by atoms with Crippen LogP contribution in [0.25, 0.3) is 11.3 Å². The molecule has 25 heavy (non-hydrogen) atoms. The van der Waals surface area contributed by atoms with E-state index in [2.05, 4.69) is 25.2 Å². The van der Waals surface area contributed by atoms with Crippen molar-refractivity contribution in [2.24, 2.45) is 0 Å². The van der Waals surface area contributed by atoms with Crippen molar-refractivity contribution in [1.29, 1.82) is 0 Å². The Balaban J connectivity index is 1.54. The molecule has 4 rings (SSSR count). The van der Waals surface area contributed by atoms with Crippen LogP contribution in [0.15, 0.2) is 41.8 Å². The van der Waals surface area contributed by atoms with Crippen molar-refractivity contribution in [3.05, 3.63) is 46.9 Å². The Kier molecular flexibility index (Phi) is 4.78. The first kappa shape index (κ1) is 16.3. The van der Waals surface area contributed by atoms with Gasteiger partial charge in [0.2, 0.25) is 5.95 Å². The van der Waals surface area contributed by atoms with Crippen LogP contribution in [0.5, 0.6) is 0 Å². The predicted molar refractivity (Wildman–Crippen MR) is 101 cm³/mol. The van der Waals surface area contributed by atoms with Crippen molar-refractivity contribution in [2.45, 2.75) is 0 Å². The van der Waals surface area contributed by atoms with Crippen LogP contribution in [-0.4, -0.2) is 41.3 Å². The lowest BCUT2D eigenvalue weighted by Gasteiger charge is -2.27. The summed E-state index contributed by atoms with van der Waals surface area (Å²) in [5.41, 5.74) is 2.02. The molecule has 1 saturated heterocycles. The number of anilines is 3. The predicted octanol–water partition coefficient (Wildman–Crippen LogP) is 3.83. The summed E-state index contributed by atoms with van der Waals surface area (Å²) in [5.74, 6) is 1.24. The monoisotopic (exact) mass is 373 g/mol. The molecule has 3 aromatic rings. The molecule has 1 aliphatic rings. The minimum Gasteiger partial charge on any atom is -0.378 e. The maximum Gasteiger partial charge on any atom is 0.228 e. The Morgan fingerprint density at radius 2 is 1.88 bits per heavy atom. The molecule has 0 unspecified atom stereocenters. The van der Waals surface area contributed by atoms with Gasteiger partial charge in [0.1, 0.15) is 11.0 Å². The highest BCUT2D eigenvalue weighted by atomic mass is 35.5. The van der Waals surface area contributed by atoms with E-state index in [4.69, 9.17) is 16.3 Å². The zero-order valence-electron chi connectivity index (χ0n) is 13.4. The van der Waals surface area contributed by atoms with Crippen LogP contribution >= 0.6 is 22.9 Å². The fourth-order valence-corrected chi connectivity index (χ4v) is 3.46. The zero-order chi connectivity index (χ0) is 17.1. The van der Waals surface area contributed by atoms with Crippen molar-refractivity contribution in [2.75, 3.05) is 36.5 Å². The van der Waals surface area contributed by atoms with Crippen molar-refractivity contribution in [3.8, 4) is 11.3 Å². The number of thiazole rings is 1. The number of aromatic nitrogens is 3. The molecule has 8 heteroatoms. The molecule has 0 spiro atoms. The Bertz CT molecular complexity index is 851. The van der Waals surface area contributed by atoms with Crippen LogP contribution in [0.4, 0.5) is 16.9 Å². The molecule has 0 atom stereocenters. The van der Waals surface area contributed by atoms with Gasteiger partial charge in [0, 0.05) is 30.1 Å². The molecular formula is C17H16ClN5OS. The number of morpholine rings is 1. The lowest BCUT2D eigenvalue weighted by Crippen LogP contribution is -2.37. The summed E-state index contributed by atoms with van der Waals surface area (Å²) in [6.07, 6.45) is 0. The summed E-state index contributed by atoms with van der Waals surface area (Å²) >= 11 is 7.70. The van der Waals surface area contributed by atoms with E-state index in [1.54, 1.807) is 6.07 Å². The number of rotatable bonds is 4. The molecule has 0 radical (unpaired) electrons. The van der Waals surface area contributed by atoms with Gasteiger partial charge in [0.15, 0.2) is 5.13 Å². The minimum absolute atomic E-state index is 0.402. The summed E-state index contributed by atoms with van der Waals surface area (Å²) in [6, 6.07) is 11.8. The molecule has 1 N–H and O–H groups in total. The van der Waals surface area contributed by atoms with E-state index in [-0.39, 0.29) is 0 Å². The Morgan fingerprint density at radius 3 is 2.68 bits per heavy atom. The molecule has 0 saturated carbocycles. The van der Waals surface area contributed by atoms with Crippen LogP contribution in [-0.2, 0) is 4.74 Å². The number of hydrogen-bond donors (Lipinski definition) is 1. The standard InChI is InChI=1S/C17H16ClN5OS/c18-14-10-15(21-16(20-14)23-6-8-24-9-7-23)22-17-19-13(11-25-17)12-4-2-1-3-5-12/h1-5,10-11H,6-9H2,(H,19,20,21,22). The van der Waals surface area contributed by atoms with Gasteiger partial charge in [-0.05, 0) is 0 Å². The van der Waals surface area contributed by atoms with Gasteiger partial charge in [-0.15, -0.1) is 11.3 Å². The number of benzene rings is 1. The Hall–Kier alpha value is -2.22. The molecule has 128 valence electrons. The van der Waals surface area contributed by atoms with Crippen molar-refractivity contribution < 1.29 is 4.74 Å². The second-order valence-electron chi connectivity index (χ2n) is 5.50. The molecule has 1 fully saturated rings. The number of hydrogen-bond acceptors (Lipinski definition) is 7. The number of halogens is 1. The van der Waals surface area contributed by atoms with Gasteiger partial charge in [-0.25, -0.2) is 9.97 Å². The number of ether oxygens (including phenoxy) is 1. The highest BCUT2D eigenvalue weighted by Gasteiger charge is 2.16. The van der Waals surface area contributed by atoms with Crippen molar-refractivity contribution >= 4 is 39.8 Å². The fraction of sp³-hybridized carbons (Fsp3) is 0.235. The van der Waals surface area contributed by atoms with Crippen LogP contribution in [0.1, 0.15) is 0 Å². The number of nitrogens with zero attached hydrogens (tertiary/aromatic N) is 4.